The molecule has 0 aromatic heterocycles. The third-order valence-electron chi connectivity index (χ3n) is 5.47. The highest BCUT2D eigenvalue weighted by Gasteiger charge is 2.34. The summed E-state index contributed by atoms with van der Waals surface area (Å²) < 4.78 is 5.47. The van der Waals surface area contributed by atoms with E-state index in [-0.39, 0.29) is 18.0 Å². The molecule has 0 aliphatic heterocycles. The Balaban J connectivity index is 1.98. The fraction of sp³-hybridized carbons (Fsp3) is 0.625. The molecule has 1 aromatic carbocycles. The maximum atomic E-state index is 12.6. The van der Waals surface area contributed by atoms with Gasteiger partial charge in [-0.05, 0) is 58.2 Å². The second-order valence-electron chi connectivity index (χ2n) is 9.68. The van der Waals surface area contributed by atoms with E-state index >= 15 is 0 Å². The standard InChI is InChI=1S/C24H38N4O4/c1-17(19-11-10-12-20(15-19)27-18(2)29)26-21(30)25-16-24(13-8-6-7-9-14-24)28-22(31)32-23(3,4)5/h10-12,15,17H,6-9,13-14,16H2,1-5H3,(H,27,29)(H,28,31)(H2,25,26,30). The number of ether oxygens (including phenoxy) is 1. The molecule has 0 radical (unpaired) electrons. The Morgan fingerprint density at radius 1 is 1.09 bits per heavy atom. The smallest absolute Gasteiger partial charge is 0.408 e. The Hall–Kier alpha value is -2.77. The van der Waals surface area contributed by atoms with Crippen LogP contribution in [0.15, 0.2) is 24.3 Å². The largest absolute Gasteiger partial charge is 0.444 e. The molecule has 4 amide bonds. The fourth-order valence-electron chi connectivity index (χ4n) is 3.94. The quantitative estimate of drug-likeness (QED) is 0.478. The minimum atomic E-state index is -0.581. The molecule has 0 saturated heterocycles. The molecule has 178 valence electrons. The van der Waals surface area contributed by atoms with E-state index in [1.807, 2.05) is 45.9 Å². The summed E-state index contributed by atoms with van der Waals surface area (Å²) in [5.74, 6) is -0.147. The zero-order valence-corrected chi connectivity index (χ0v) is 20.0. The van der Waals surface area contributed by atoms with Crippen molar-refractivity contribution in [3.8, 4) is 0 Å². The van der Waals surface area contributed by atoms with E-state index in [1.54, 1.807) is 6.07 Å². The number of rotatable bonds is 6. The van der Waals surface area contributed by atoms with Crippen molar-refractivity contribution in [3.05, 3.63) is 29.8 Å². The maximum Gasteiger partial charge on any atom is 0.408 e. The number of hydrogen-bond donors (Lipinski definition) is 4. The SMILES string of the molecule is CC(=O)Nc1cccc(C(C)NC(=O)NCC2(NC(=O)OC(C)(C)C)CCCCCC2)c1. The molecule has 1 unspecified atom stereocenters. The van der Waals surface area contributed by atoms with Crippen molar-refractivity contribution >= 4 is 23.7 Å². The average molecular weight is 447 g/mol. The Labute approximate surface area is 191 Å². The molecule has 1 saturated carbocycles. The number of anilines is 1. The van der Waals surface area contributed by atoms with E-state index in [0.29, 0.717) is 12.2 Å². The van der Waals surface area contributed by atoms with Crippen LogP contribution in [-0.4, -0.2) is 35.7 Å². The van der Waals surface area contributed by atoms with Crippen LogP contribution in [0.2, 0.25) is 0 Å². The van der Waals surface area contributed by atoms with Gasteiger partial charge in [-0.1, -0.05) is 37.8 Å². The van der Waals surface area contributed by atoms with Gasteiger partial charge in [0, 0.05) is 19.2 Å². The number of amides is 4. The molecule has 0 bridgehead atoms. The van der Waals surface area contributed by atoms with Crippen LogP contribution in [-0.2, 0) is 9.53 Å². The highest BCUT2D eigenvalue weighted by molar-refractivity contribution is 5.88. The van der Waals surface area contributed by atoms with Crippen molar-refractivity contribution in [2.24, 2.45) is 0 Å². The van der Waals surface area contributed by atoms with Crippen molar-refractivity contribution in [2.75, 3.05) is 11.9 Å². The summed E-state index contributed by atoms with van der Waals surface area (Å²) in [7, 11) is 0. The first-order chi connectivity index (χ1) is 15.0. The van der Waals surface area contributed by atoms with Gasteiger partial charge in [-0.15, -0.1) is 0 Å². The molecule has 1 fully saturated rings. The van der Waals surface area contributed by atoms with E-state index in [4.69, 9.17) is 4.74 Å². The molecule has 4 N–H and O–H groups in total. The number of benzene rings is 1. The fourth-order valence-corrected chi connectivity index (χ4v) is 3.94. The third-order valence-corrected chi connectivity index (χ3v) is 5.47. The van der Waals surface area contributed by atoms with Crippen LogP contribution < -0.4 is 21.3 Å². The van der Waals surface area contributed by atoms with Crippen molar-refractivity contribution < 1.29 is 19.1 Å². The summed E-state index contributed by atoms with van der Waals surface area (Å²) in [5.41, 5.74) is 0.456. The van der Waals surface area contributed by atoms with E-state index < -0.39 is 17.2 Å². The highest BCUT2D eigenvalue weighted by Crippen LogP contribution is 2.27. The molecule has 0 heterocycles. The van der Waals surface area contributed by atoms with Crippen LogP contribution in [0.4, 0.5) is 15.3 Å². The second kappa shape index (κ2) is 11.2. The monoisotopic (exact) mass is 446 g/mol. The lowest BCUT2D eigenvalue weighted by atomic mass is 9.90. The summed E-state index contributed by atoms with van der Waals surface area (Å²) in [6.07, 6.45) is 5.35. The maximum absolute atomic E-state index is 12.6. The lowest BCUT2D eigenvalue weighted by molar-refractivity contribution is -0.114. The predicted molar refractivity (Wildman–Crippen MR) is 125 cm³/mol. The summed E-state index contributed by atoms with van der Waals surface area (Å²) in [4.78, 5) is 36.4. The Morgan fingerprint density at radius 2 is 1.75 bits per heavy atom. The van der Waals surface area contributed by atoms with Gasteiger partial charge in [0.1, 0.15) is 5.60 Å². The van der Waals surface area contributed by atoms with Crippen LogP contribution in [0.25, 0.3) is 0 Å². The molecule has 1 atom stereocenters. The zero-order chi connectivity index (χ0) is 23.8. The summed E-state index contributed by atoms with van der Waals surface area (Å²) >= 11 is 0. The first-order valence-corrected chi connectivity index (χ1v) is 11.4. The number of hydrogen-bond acceptors (Lipinski definition) is 4. The van der Waals surface area contributed by atoms with Crippen molar-refractivity contribution in [1.82, 2.24) is 16.0 Å². The molecule has 1 aromatic rings. The Bertz CT molecular complexity index is 795. The lowest BCUT2D eigenvalue weighted by Crippen LogP contribution is -2.57. The van der Waals surface area contributed by atoms with Crippen LogP contribution in [0.5, 0.6) is 0 Å². The van der Waals surface area contributed by atoms with Gasteiger partial charge in [-0.3, -0.25) is 4.79 Å². The number of alkyl carbamates (subject to hydrolysis) is 1. The van der Waals surface area contributed by atoms with Crippen molar-refractivity contribution in [2.45, 2.75) is 90.3 Å². The lowest BCUT2D eigenvalue weighted by Gasteiger charge is -2.35. The highest BCUT2D eigenvalue weighted by atomic mass is 16.6. The first kappa shape index (κ1) is 25.5. The Morgan fingerprint density at radius 3 is 2.34 bits per heavy atom. The average Bonchev–Trinajstić information content (AvgIpc) is 2.90. The number of nitrogens with one attached hydrogen (secondary N) is 4. The van der Waals surface area contributed by atoms with Gasteiger partial charge in [0.25, 0.3) is 0 Å². The first-order valence-electron chi connectivity index (χ1n) is 11.4. The summed E-state index contributed by atoms with van der Waals surface area (Å²) in [6, 6.07) is 6.80. The second-order valence-corrected chi connectivity index (χ2v) is 9.68. The molecule has 0 spiro atoms. The molecular weight excluding hydrogens is 408 g/mol. The summed E-state index contributed by atoms with van der Waals surface area (Å²) in [5, 5.41) is 11.7. The number of carbonyl (C=O) groups excluding carboxylic acids is 3. The molecule has 8 nitrogen and oxygen atoms in total. The minimum absolute atomic E-state index is 0.147. The number of carbonyl (C=O) groups is 3. The zero-order valence-electron chi connectivity index (χ0n) is 20.0. The van der Waals surface area contributed by atoms with Gasteiger partial charge in [0.05, 0.1) is 11.6 Å². The van der Waals surface area contributed by atoms with Gasteiger partial charge in [-0.25, -0.2) is 9.59 Å². The van der Waals surface area contributed by atoms with Gasteiger partial charge in [-0.2, -0.15) is 0 Å². The molecular formula is C24H38N4O4. The van der Waals surface area contributed by atoms with Gasteiger partial charge in [0.2, 0.25) is 5.91 Å². The molecule has 1 aliphatic carbocycles. The minimum Gasteiger partial charge on any atom is -0.444 e. The van der Waals surface area contributed by atoms with E-state index in [1.165, 1.54) is 6.92 Å². The predicted octanol–water partition coefficient (Wildman–Crippen LogP) is 4.62. The van der Waals surface area contributed by atoms with E-state index in [0.717, 1.165) is 44.1 Å². The van der Waals surface area contributed by atoms with E-state index in [9.17, 15) is 14.4 Å². The third kappa shape index (κ3) is 8.77. The van der Waals surface area contributed by atoms with Crippen molar-refractivity contribution in [3.63, 3.8) is 0 Å². The number of urea groups is 1. The molecule has 32 heavy (non-hydrogen) atoms. The molecule has 1 aliphatic rings. The van der Waals surface area contributed by atoms with E-state index in [2.05, 4.69) is 21.3 Å². The topological polar surface area (TPSA) is 109 Å². The van der Waals surface area contributed by atoms with Gasteiger partial charge >= 0.3 is 12.1 Å². The van der Waals surface area contributed by atoms with Crippen LogP contribution in [0, 0.1) is 0 Å². The van der Waals surface area contributed by atoms with Gasteiger partial charge in [0.15, 0.2) is 0 Å². The normalized spacial score (nSPS) is 16.8. The van der Waals surface area contributed by atoms with Crippen LogP contribution in [0.1, 0.15) is 84.7 Å². The van der Waals surface area contributed by atoms with Crippen LogP contribution in [0.3, 0.4) is 0 Å². The van der Waals surface area contributed by atoms with Crippen LogP contribution >= 0.6 is 0 Å². The summed E-state index contributed by atoms with van der Waals surface area (Å²) in [6.45, 7) is 9.17. The van der Waals surface area contributed by atoms with Crippen molar-refractivity contribution in [1.29, 1.82) is 0 Å². The molecule has 8 heteroatoms. The van der Waals surface area contributed by atoms with Gasteiger partial charge < -0.3 is 26.0 Å². The molecule has 2 rings (SSSR count). The Kier molecular flexibility index (Phi) is 8.92.